The molecule has 0 aliphatic carbocycles. The maximum absolute atomic E-state index is 13.3. The lowest BCUT2D eigenvalue weighted by molar-refractivity contribution is 0.205. The van der Waals surface area contributed by atoms with Gasteiger partial charge in [0.15, 0.2) is 0 Å². The second-order valence-corrected chi connectivity index (χ2v) is 6.20. The molecular formula is C20H18ClFN2O2. The molecule has 6 heteroatoms. The molecule has 0 bridgehead atoms. The van der Waals surface area contributed by atoms with Crippen LogP contribution in [-0.4, -0.2) is 17.5 Å². The highest BCUT2D eigenvalue weighted by Crippen LogP contribution is 2.20. The SMILES string of the molecule is O=C(Nc1ccc(F)c(Cl)c1)N(CCc1ccccc1)Cc1ccco1. The third kappa shape index (κ3) is 4.86. The van der Waals surface area contributed by atoms with Gasteiger partial charge in [0.1, 0.15) is 11.6 Å². The molecule has 1 heterocycles. The van der Waals surface area contributed by atoms with Crippen LogP contribution in [0.15, 0.2) is 71.3 Å². The zero-order chi connectivity index (χ0) is 18.4. The molecule has 1 aromatic heterocycles. The van der Waals surface area contributed by atoms with Crippen molar-refractivity contribution in [2.75, 3.05) is 11.9 Å². The van der Waals surface area contributed by atoms with E-state index in [0.29, 0.717) is 31.0 Å². The van der Waals surface area contributed by atoms with Crippen LogP contribution in [0.4, 0.5) is 14.9 Å². The Morgan fingerprint density at radius 3 is 2.62 bits per heavy atom. The van der Waals surface area contributed by atoms with E-state index in [9.17, 15) is 9.18 Å². The predicted octanol–water partition coefficient (Wildman–Crippen LogP) is 5.35. The van der Waals surface area contributed by atoms with Gasteiger partial charge in [-0.15, -0.1) is 0 Å². The Labute approximate surface area is 156 Å². The van der Waals surface area contributed by atoms with Crippen molar-refractivity contribution in [3.05, 3.63) is 89.1 Å². The molecule has 0 atom stereocenters. The predicted molar refractivity (Wildman–Crippen MR) is 99.7 cm³/mol. The van der Waals surface area contributed by atoms with Crippen LogP contribution in [-0.2, 0) is 13.0 Å². The number of furan rings is 1. The van der Waals surface area contributed by atoms with E-state index in [0.717, 1.165) is 5.56 Å². The standard InChI is InChI=1S/C20H18ClFN2O2/c21-18-13-16(8-9-19(18)22)23-20(25)24(14-17-7-4-12-26-17)11-10-15-5-2-1-3-6-15/h1-9,12-13H,10-11,14H2,(H,23,25). The van der Waals surface area contributed by atoms with Crippen molar-refractivity contribution in [3.63, 3.8) is 0 Å². The number of hydrogen-bond donors (Lipinski definition) is 1. The first-order chi connectivity index (χ1) is 12.6. The average Bonchev–Trinajstić information content (AvgIpc) is 3.15. The molecule has 0 aliphatic heterocycles. The Morgan fingerprint density at radius 2 is 1.92 bits per heavy atom. The first-order valence-electron chi connectivity index (χ1n) is 8.19. The summed E-state index contributed by atoms with van der Waals surface area (Å²) in [6.45, 7) is 0.839. The van der Waals surface area contributed by atoms with Crippen LogP contribution in [0, 0.1) is 5.82 Å². The maximum atomic E-state index is 13.3. The van der Waals surface area contributed by atoms with Crippen molar-refractivity contribution >= 4 is 23.3 Å². The summed E-state index contributed by atoms with van der Waals surface area (Å²) in [5.74, 6) is 0.159. The molecule has 2 aromatic carbocycles. The van der Waals surface area contributed by atoms with Crippen LogP contribution in [0.1, 0.15) is 11.3 Å². The van der Waals surface area contributed by atoms with Crippen molar-refractivity contribution < 1.29 is 13.6 Å². The van der Waals surface area contributed by atoms with E-state index in [2.05, 4.69) is 5.32 Å². The van der Waals surface area contributed by atoms with Gasteiger partial charge in [0.2, 0.25) is 0 Å². The van der Waals surface area contributed by atoms with Gasteiger partial charge < -0.3 is 14.6 Å². The molecule has 1 N–H and O–H groups in total. The Hall–Kier alpha value is -2.79. The van der Waals surface area contributed by atoms with E-state index in [1.807, 2.05) is 36.4 Å². The zero-order valence-electron chi connectivity index (χ0n) is 14.0. The summed E-state index contributed by atoms with van der Waals surface area (Å²) < 4.78 is 18.6. The van der Waals surface area contributed by atoms with Crippen molar-refractivity contribution in [2.24, 2.45) is 0 Å². The molecule has 3 rings (SSSR count). The van der Waals surface area contributed by atoms with E-state index < -0.39 is 5.82 Å². The summed E-state index contributed by atoms with van der Waals surface area (Å²) in [4.78, 5) is 14.3. The van der Waals surface area contributed by atoms with Crippen molar-refractivity contribution in [2.45, 2.75) is 13.0 Å². The third-order valence-corrected chi connectivity index (χ3v) is 4.19. The van der Waals surface area contributed by atoms with E-state index in [4.69, 9.17) is 16.0 Å². The fourth-order valence-electron chi connectivity index (χ4n) is 2.53. The summed E-state index contributed by atoms with van der Waals surface area (Å²) in [5.41, 5.74) is 1.57. The molecule has 134 valence electrons. The molecule has 0 aliphatic rings. The molecule has 0 saturated carbocycles. The van der Waals surface area contributed by atoms with Gasteiger partial charge in [-0.05, 0) is 42.3 Å². The minimum absolute atomic E-state index is 0.0373. The number of carbonyl (C=O) groups excluding carboxylic acids is 1. The fraction of sp³-hybridized carbons (Fsp3) is 0.150. The molecule has 0 saturated heterocycles. The minimum atomic E-state index is -0.527. The summed E-state index contributed by atoms with van der Waals surface area (Å²) in [6.07, 6.45) is 2.28. The van der Waals surface area contributed by atoms with E-state index >= 15 is 0 Å². The second-order valence-electron chi connectivity index (χ2n) is 5.80. The van der Waals surface area contributed by atoms with E-state index in [1.54, 1.807) is 17.2 Å². The topological polar surface area (TPSA) is 45.5 Å². The number of nitrogens with zero attached hydrogens (tertiary/aromatic N) is 1. The first kappa shape index (κ1) is 18.0. The van der Waals surface area contributed by atoms with Crippen LogP contribution in [0.2, 0.25) is 5.02 Å². The third-order valence-electron chi connectivity index (χ3n) is 3.90. The molecule has 0 radical (unpaired) electrons. The molecule has 4 nitrogen and oxygen atoms in total. The number of urea groups is 1. The van der Waals surface area contributed by atoms with Crippen molar-refractivity contribution in [1.29, 1.82) is 0 Å². The van der Waals surface area contributed by atoms with Gasteiger partial charge in [-0.3, -0.25) is 0 Å². The lowest BCUT2D eigenvalue weighted by atomic mass is 10.1. The molecular weight excluding hydrogens is 355 g/mol. The Morgan fingerprint density at radius 1 is 1.12 bits per heavy atom. The number of hydrogen-bond acceptors (Lipinski definition) is 2. The molecule has 0 unspecified atom stereocenters. The molecule has 26 heavy (non-hydrogen) atoms. The second kappa shape index (κ2) is 8.54. The molecule has 3 aromatic rings. The van der Waals surface area contributed by atoms with Crippen LogP contribution in [0.3, 0.4) is 0 Å². The highest BCUT2D eigenvalue weighted by Gasteiger charge is 2.16. The number of rotatable bonds is 6. The molecule has 0 fully saturated rings. The van der Waals surface area contributed by atoms with Crippen molar-refractivity contribution in [3.8, 4) is 0 Å². The van der Waals surface area contributed by atoms with Gasteiger partial charge in [-0.1, -0.05) is 41.9 Å². The summed E-state index contributed by atoms with van der Waals surface area (Å²) >= 11 is 5.78. The van der Waals surface area contributed by atoms with E-state index in [1.165, 1.54) is 18.2 Å². The average molecular weight is 373 g/mol. The Kier molecular flexibility index (Phi) is 5.92. The first-order valence-corrected chi connectivity index (χ1v) is 8.57. The largest absolute Gasteiger partial charge is 0.467 e. The van der Waals surface area contributed by atoms with Crippen LogP contribution < -0.4 is 5.32 Å². The van der Waals surface area contributed by atoms with Crippen LogP contribution in [0.5, 0.6) is 0 Å². The number of carbonyl (C=O) groups is 1. The van der Waals surface area contributed by atoms with Gasteiger partial charge >= 0.3 is 6.03 Å². The number of halogens is 2. The molecule has 0 spiro atoms. The summed E-state index contributed by atoms with van der Waals surface area (Å²) in [6, 6.07) is 17.3. The fourth-order valence-corrected chi connectivity index (χ4v) is 2.71. The Balaban J connectivity index is 1.70. The van der Waals surface area contributed by atoms with Gasteiger partial charge in [-0.2, -0.15) is 0 Å². The minimum Gasteiger partial charge on any atom is -0.467 e. The number of nitrogens with one attached hydrogen (secondary N) is 1. The normalized spacial score (nSPS) is 10.5. The van der Waals surface area contributed by atoms with Crippen LogP contribution >= 0.6 is 11.6 Å². The Bertz CT molecular complexity index is 854. The van der Waals surface area contributed by atoms with Gasteiger partial charge in [-0.25, -0.2) is 9.18 Å². The van der Waals surface area contributed by atoms with Gasteiger partial charge in [0.05, 0.1) is 17.8 Å². The highest BCUT2D eigenvalue weighted by atomic mass is 35.5. The van der Waals surface area contributed by atoms with Gasteiger partial charge in [0.25, 0.3) is 0 Å². The van der Waals surface area contributed by atoms with Gasteiger partial charge in [0, 0.05) is 12.2 Å². The lowest BCUT2D eigenvalue weighted by Crippen LogP contribution is -2.36. The van der Waals surface area contributed by atoms with Crippen LogP contribution in [0.25, 0.3) is 0 Å². The lowest BCUT2D eigenvalue weighted by Gasteiger charge is -2.22. The quantitative estimate of drug-likeness (QED) is 0.634. The molecule has 2 amide bonds. The highest BCUT2D eigenvalue weighted by molar-refractivity contribution is 6.31. The van der Waals surface area contributed by atoms with E-state index in [-0.39, 0.29) is 11.1 Å². The smallest absolute Gasteiger partial charge is 0.322 e. The summed E-state index contributed by atoms with van der Waals surface area (Å²) in [5, 5.41) is 2.72. The van der Waals surface area contributed by atoms with Crippen molar-refractivity contribution in [1.82, 2.24) is 4.90 Å². The number of benzene rings is 2. The zero-order valence-corrected chi connectivity index (χ0v) is 14.7. The monoisotopic (exact) mass is 372 g/mol. The maximum Gasteiger partial charge on any atom is 0.322 e. The summed E-state index contributed by atoms with van der Waals surface area (Å²) in [7, 11) is 0. The number of amides is 2. The number of anilines is 1.